The number of thiophene rings is 1. The molecule has 2 amide bonds. The van der Waals surface area contributed by atoms with E-state index in [2.05, 4.69) is 15.5 Å². The minimum absolute atomic E-state index is 0.200. The van der Waals surface area contributed by atoms with Gasteiger partial charge >= 0.3 is 0 Å². The number of aromatic nitrogens is 3. The molecule has 10 heteroatoms. The van der Waals surface area contributed by atoms with Crippen LogP contribution in [0.5, 0.6) is 0 Å². The number of primary amides is 1. The smallest absolute Gasteiger partial charge is 0.251 e. The average molecular weight is 446 g/mol. The molecule has 0 unspecified atom stereocenters. The molecule has 4 rings (SSSR count). The molecule has 3 N–H and O–H groups in total. The van der Waals surface area contributed by atoms with Crippen molar-refractivity contribution in [1.29, 1.82) is 0 Å². The fourth-order valence-corrected chi connectivity index (χ4v) is 5.87. The molecule has 0 saturated carbocycles. The van der Waals surface area contributed by atoms with Gasteiger partial charge in [-0.15, -0.1) is 21.5 Å². The van der Waals surface area contributed by atoms with Crippen LogP contribution in [0.4, 0.5) is 5.00 Å². The van der Waals surface area contributed by atoms with E-state index in [1.807, 2.05) is 31.4 Å². The Morgan fingerprint density at radius 1 is 1.40 bits per heavy atom. The standard InChI is InChI=1S/C20H23N5O3S2/c1-4-25-17(12-8-9-28-10(12)2)23-24-20(25)29-11(3)18(27)22-19-15(16(21)26)13-6-5-7-14(13)30-19/h8-9,11H,4-7H2,1-3H3,(H2,21,26)(H,22,27)/t11-/m0/s1. The molecule has 3 aromatic heterocycles. The lowest BCUT2D eigenvalue weighted by Crippen LogP contribution is -2.24. The van der Waals surface area contributed by atoms with E-state index in [0.29, 0.717) is 28.1 Å². The number of carbonyl (C=O) groups excluding carboxylic acids is 2. The number of fused-ring (bicyclic) bond motifs is 1. The van der Waals surface area contributed by atoms with Crippen LogP contribution in [0.2, 0.25) is 0 Å². The van der Waals surface area contributed by atoms with Gasteiger partial charge in [-0.05, 0) is 51.7 Å². The molecule has 0 bridgehead atoms. The Morgan fingerprint density at radius 3 is 2.87 bits per heavy atom. The highest BCUT2D eigenvalue weighted by atomic mass is 32.2. The number of aryl methyl sites for hydroxylation is 2. The van der Waals surface area contributed by atoms with E-state index < -0.39 is 11.2 Å². The molecule has 0 spiro atoms. The molecule has 0 saturated heterocycles. The average Bonchev–Trinajstić information content (AvgIpc) is 3.45. The largest absolute Gasteiger partial charge is 0.469 e. The van der Waals surface area contributed by atoms with Crippen molar-refractivity contribution < 1.29 is 14.0 Å². The van der Waals surface area contributed by atoms with Crippen LogP contribution in [0.3, 0.4) is 0 Å². The molecule has 0 radical (unpaired) electrons. The quantitative estimate of drug-likeness (QED) is 0.537. The number of nitrogens with two attached hydrogens (primary N) is 1. The minimum atomic E-state index is -0.490. The van der Waals surface area contributed by atoms with Gasteiger partial charge in [0, 0.05) is 11.4 Å². The van der Waals surface area contributed by atoms with Crippen LogP contribution in [0.15, 0.2) is 21.9 Å². The minimum Gasteiger partial charge on any atom is -0.469 e. The van der Waals surface area contributed by atoms with Gasteiger partial charge in [-0.25, -0.2) is 0 Å². The zero-order valence-corrected chi connectivity index (χ0v) is 18.7. The van der Waals surface area contributed by atoms with E-state index in [1.54, 1.807) is 6.26 Å². The maximum atomic E-state index is 12.9. The Morgan fingerprint density at radius 2 is 2.20 bits per heavy atom. The number of thioether (sulfide) groups is 1. The first kappa shape index (κ1) is 20.7. The summed E-state index contributed by atoms with van der Waals surface area (Å²) in [5.74, 6) is 0.790. The highest BCUT2D eigenvalue weighted by Gasteiger charge is 2.28. The molecule has 158 valence electrons. The molecular weight excluding hydrogens is 422 g/mol. The number of nitrogens with zero attached hydrogens (tertiary/aromatic N) is 3. The number of hydrogen-bond acceptors (Lipinski definition) is 7. The fraction of sp³-hybridized carbons (Fsp3) is 0.400. The van der Waals surface area contributed by atoms with Crippen molar-refractivity contribution in [3.8, 4) is 11.4 Å². The van der Waals surface area contributed by atoms with Gasteiger partial charge in [-0.1, -0.05) is 11.8 Å². The van der Waals surface area contributed by atoms with Crippen molar-refractivity contribution in [3.63, 3.8) is 0 Å². The number of anilines is 1. The van der Waals surface area contributed by atoms with Crippen LogP contribution >= 0.6 is 23.1 Å². The molecule has 3 heterocycles. The van der Waals surface area contributed by atoms with Crippen molar-refractivity contribution >= 4 is 39.9 Å². The highest BCUT2D eigenvalue weighted by Crippen LogP contribution is 2.39. The van der Waals surface area contributed by atoms with E-state index >= 15 is 0 Å². The third-order valence-corrected chi connectivity index (χ3v) is 7.48. The van der Waals surface area contributed by atoms with Gasteiger partial charge in [0.2, 0.25) is 5.91 Å². The number of rotatable bonds is 7. The van der Waals surface area contributed by atoms with Gasteiger partial charge in [0.25, 0.3) is 5.91 Å². The summed E-state index contributed by atoms with van der Waals surface area (Å²) in [4.78, 5) is 26.0. The topological polar surface area (TPSA) is 116 Å². The van der Waals surface area contributed by atoms with E-state index in [9.17, 15) is 9.59 Å². The zero-order valence-electron chi connectivity index (χ0n) is 17.0. The molecule has 8 nitrogen and oxygen atoms in total. The van der Waals surface area contributed by atoms with E-state index in [1.165, 1.54) is 23.1 Å². The van der Waals surface area contributed by atoms with Gasteiger partial charge in [-0.2, -0.15) is 0 Å². The molecule has 3 aromatic rings. The van der Waals surface area contributed by atoms with E-state index in [0.717, 1.165) is 41.0 Å². The summed E-state index contributed by atoms with van der Waals surface area (Å²) in [6, 6.07) is 1.86. The molecular formula is C20H23N5O3S2. The van der Waals surface area contributed by atoms with Crippen molar-refractivity contribution in [1.82, 2.24) is 14.8 Å². The van der Waals surface area contributed by atoms with Crippen molar-refractivity contribution in [3.05, 3.63) is 34.1 Å². The molecule has 1 atom stereocenters. The monoisotopic (exact) mass is 445 g/mol. The normalized spacial score (nSPS) is 14.0. The molecule has 0 fully saturated rings. The predicted molar refractivity (Wildman–Crippen MR) is 117 cm³/mol. The summed E-state index contributed by atoms with van der Waals surface area (Å²) in [6.07, 6.45) is 4.40. The van der Waals surface area contributed by atoms with Crippen LogP contribution < -0.4 is 11.1 Å². The second-order valence-corrected chi connectivity index (χ2v) is 9.53. The Bertz CT molecular complexity index is 1110. The summed E-state index contributed by atoms with van der Waals surface area (Å²) in [5.41, 5.74) is 7.93. The molecule has 30 heavy (non-hydrogen) atoms. The Labute approximate surface area is 182 Å². The number of amides is 2. The maximum Gasteiger partial charge on any atom is 0.251 e. The van der Waals surface area contributed by atoms with E-state index in [-0.39, 0.29) is 5.91 Å². The second-order valence-electron chi connectivity index (χ2n) is 7.12. The zero-order chi connectivity index (χ0) is 21.4. The first-order chi connectivity index (χ1) is 14.4. The molecule has 0 aliphatic heterocycles. The van der Waals surface area contributed by atoms with Gasteiger partial charge in [0.1, 0.15) is 10.8 Å². The lowest BCUT2D eigenvalue weighted by molar-refractivity contribution is -0.115. The first-order valence-electron chi connectivity index (χ1n) is 9.80. The van der Waals surface area contributed by atoms with Crippen LogP contribution in [0, 0.1) is 6.92 Å². The number of hydrogen-bond donors (Lipinski definition) is 2. The molecule has 1 aliphatic carbocycles. The molecule has 0 aromatic carbocycles. The Kier molecular flexibility index (Phi) is 5.70. The molecule has 1 aliphatic rings. The van der Waals surface area contributed by atoms with Gasteiger partial charge in [0.05, 0.1) is 22.6 Å². The van der Waals surface area contributed by atoms with Crippen LogP contribution in [-0.4, -0.2) is 31.8 Å². The van der Waals surface area contributed by atoms with Crippen molar-refractivity contribution in [2.45, 2.75) is 57.0 Å². The van der Waals surface area contributed by atoms with Crippen LogP contribution in [0.1, 0.15) is 46.8 Å². The lowest BCUT2D eigenvalue weighted by atomic mass is 10.1. The summed E-state index contributed by atoms with van der Waals surface area (Å²) >= 11 is 2.78. The predicted octanol–water partition coefficient (Wildman–Crippen LogP) is 3.63. The Hall–Kier alpha value is -2.59. The fourth-order valence-electron chi connectivity index (χ4n) is 3.66. The van der Waals surface area contributed by atoms with E-state index in [4.69, 9.17) is 10.2 Å². The summed E-state index contributed by atoms with van der Waals surface area (Å²) in [6.45, 7) is 6.35. The van der Waals surface area contributed by atoms with Crippen molar-refractivity contribution in [2.24, 2.45) is 5.73 Å². The summed E-state index contributed by atoms with van der Waals surface area (Å²) < 4.78 is 7.34. The highest BCUT2D eigenvalue weighted by molar-refractivity contribution is 8.00. The third kappa shape index (κ3) is 3.65. The number of carbonyl (C=O) groups is 2. The first-order valence-corrected chi connectivity index (χ1v) is 11.5. The van der Waals surface area contributed by atoms with Gasteiger partial charge in [0.15, 0.2) is 11.0 Å². The third-order valence-electron chi connectivity index (χ3n) is 5.19. The second kappa shape index (κ2) is 8.27. The van der Waals surface area contributed by atoms with Crippen molar-refractivity contribution in [2.75, 3.05) is 5.32 Å². The van der Waals surface area contributed by atoms with Gasteiger partial charge < -0.3 is 20.0 Å². The van der Waals surface area contributed by atoms with Gasteiger partial charge in [-0.3, -0.25) is 9.59 Å². The Balaban J connectivity index is 1.52. The maximum absolute atomic E-state index is 12.9. The van der Waals surface area contributed by atoms with Crippen LogP contribution in [-0.2, 0) is 24.2 Å². The van der Waals surface area contributed by atoms with Crippen LogP contribution in [0.25, 0.3) is 11.4 Å². The number of nitrogens with one attached hydrogen (secondary N) is 1. The SMILES string of the molecule is CCn1c(S[C@@H](C)C(=O)Nc2sc3c(c2C(N)=O)CCC3)nnc1-c1ccoc1C. The number of furan rings is 1. The summed E-state index contributed by atoms with van der Waals surface area (Å²) in [7, 11) is 0. The summed E-state index contributed by atoms with van der Waals surface area (Å²) in [5, 5.41) is 12.3. The lowest BCUT2D eigenvalue weighted by Gasteiger charge is -2.13.